The molecule has 14 heavy (non-hydrogen) atoms. The number of aliphatic hydroxyl groups excluding tert-OH is 1. The van der Waals surface area contributed by atoms with Crippen LogP contribution < -0.4 is 0 Å². The predicted molar refractivity (Wildman–Crippen MR) is 53.2 cm³/mol. The monoisotopic (exact) mass is 200 g/mol. The maximum absolute atomic E-state index is 9.66. The van der Waals surface area contributed by atoms with Gasteiger partial charge < -0.3 is 14.6 Å². The lowest BCUT2D eigenvalue weighted by Gasteiger charge is -2.44. The van der Waals surface area contributed by atoms with Gasteiger partial charge in [-0.05, 0) is 25.7 Å². The fraction of sp³-hybridized carbons (Fsp3) is 1.00. The maximum atomic E-state index is 9.66. The normalized spacial score (nSPS) is 44.1. The molecule has 0 bridgehead atoms. The summed E-state index contributed by atoms with van der Waals surface area (Å²) in [5.74, 6) is 0. The molecular weight excluding hydrogens is 180 g/mol. The number of aliphatic hydroxyl groups is 1. The lowest BCUT2D eigenvalue weighted by molar-refractivity contribution is -0.156. The second kappa shape index (κ2) is 4.17. The predicted octanol–water partition coefficient (Wildman–Crippen LogP) is 1.49. The molecule has 1 spiro atoms. The molecule has 82 valence electrons. The van der Waals surface area contributed by atoms with Crippen molar-refractivity contribution < 1.29 is 14.6 Å². The first-order valence-corrected chi connectivity index (χ1v) is 5.59. The Balaban J connectivity index is 1.99. The molecule has 0 aromatic rings. The van der Waals surface area contributed by atoms with Crippen LogP contribution in [0.5, 0.6) is 0 Å². The van der Waals surface area contributed by atoms with Crippen molar-refractivity contribution in [3.8, 4) is 0 Å². The molecule has 2 rings (SSSR count). The van der Waals surface area contributed by atoms with E-state index in [0.717, 1.165) is 38.5 Å². The average Bonchev–Trinajstić information content (AvgIpc) is 2.17. The molecule has 0 aromatic heterocycles. The van der Waals surface area contributed by atoms with Crippen molar-refractivity contribution in [1.29, 1.82) is 0 Å². The number of hydrogen-bond donors (Lipinski definition) is 1. The van der Waals surface area contributed by atoms with Gasteiger partial charge in [-0.25, -0.2) is 0 Å². The lowest BCUT2D eigenvalue weighted by atomic mass is 9.77. The van der Waals surface area contributed by atoms with Crippen molar-refractivity contribution in [1.82, 2.24) is 0 Å². The Hall–Kier alpha value is -0.120. The Morgan fingerprint density at radius 2 is 2.21 bits per heavy atom. The first-order chi connectivity index (χ1) is 6.74. The Morgan fingerprint density at radius 3 is 2.93 bits per heavy atom. The standard InChI is InChI=1S/C11H20O3/c1-13-10-3-2-5-11(8-10)7-9(12)4-6-14-11/h9-10,12H,2-8H2,1H3. The molecule has 1 aliphatic heterocycles. The SMILES string of the molecule is COC1CCCC2(CC(O)CCO2)C1. The minimum absolute atomic E-state index is 0.0728. The Labute approximate surface area is 85.4 Å². The van der Waals surface area contributed by atoms with E-state index in [-0.39, 0.29) is 11.7 Å². The number of methoxy groups -OCH3 is 1. The van der Waals surface area contributed by atoms with E-state index in [1.54, 1.807) is 7.11 Å². The summed E-state index contributed by atoms with van der Waals surface area (Å²) in [6.07, 6.45) is 6.09. The summed E-state index contributed by atoms with van der Waals surface area (Å²) >= 11 is 0. The van der Waals surface area contributed by atoms with Gasteiger partial charge in [0.25, 0.3) is 0 Å². The summed E-state index contributed by atoms with van der Waals surface area (Å²) in [5, 5.41) is 9.66. The largest absolute Gasteiger partial charge is 0.393 e. The van der Waals surface area contributed by atoms with Crippen LogP contribution in [-0.2, 0) is 9.47 Å². The molecule has 1 heterocycles. The summed E-state index contributed by atoms with van der Waals surface area (Å²) in [5.41, 5.74) is -0.0728. The molecule has 2 aliphatic rings. The van der Waals surface area contributed by atoms with E-state index in [4.69, 9.17) is 9.47 Å². The highest BCUT2D eigenvalue weighted by atomic mass is 16.5. The molecule has 3 heteroatoms. The second-order valence-electron chi connectivity index (χ2n) is 4.63. The minimum atomic E-state index is -0.167. The molecule has 1 N–H and O–H groups in total. The van der Waals surface area contributed by atoms with E-state index in [1.807, 2.05) is 0 Å². The van der Waals surface area contributed by atoms with Gasteiger partial charge in [-0.15, -0.1) is 0 Å². The zero-order chi connectivity index (χ0) is 10.0. The fourth-order valence-electron chi connectivity index (χ4n) is 2.79. The van der Waals surface area contributed by atoms with Crippen LogP contribution in [0.2, 0.25) is 0 Å². The van der Waals surface area contributed by atoms with Gasteiger partial charge in [-0.1, -0.05) is 0 Å². The highest BCUT2D eigenvalue weighted by Gasteiger charge is 2.41. The third kappa shape index (κ3) is 2.10. The van der Waals surface area contributed by atoms with E-state index in [9.17, 15) is 5.11 Å². The van der Waals surface area contributed by atoms with E-state index >= 15 is 0 Å². The molecular formula is C11H20O3. The van der Waals surface area contributed by atoms with Gasteiger partial charge in [0.15, 0.2) is 0 Å². The zero-order valence-corrected chi connectivity index (χ0v) is 8.87. The lowest BCUT2D eigenvalue weighted by Crippen LogP contribution is -2.46. The average molecular weight is 200 g/mol. The molecule has 0 amide bonds. The first-order valence-electron chi connectivity index (χ1n) is 5.59. The molecule has 1 aliphatic carbocycles. The molecule has 0 radical (unpaired) electrons. The topological polar surface area (TPSA) is 38.7 Å². The van der Waals surface area contributed by atoms with Crippen LogP contribution in [0.3, 0.4) is 0 Å². The van der Waals surface area contributed by atoms with Gasteiger partial charge in [-0.2, -0.15) is 0 Å². The highest BCUT2D eigenvalue weighted by Crippen LogP contribution is 2.39. The summed E-state index contributed by atoms with van der Waals surface area (Å²) in [6.45, 7) is 0.706. The summed E-state index contributed by atoms with van der Waals surface area (Å²) in [4.78, 5) is 0. The summed E-state index contributed by atoms with van der Waals surface area (Å²) in [7, 11) is 1.77. The van der Waals surface area contributed by atoms with E-state index in [2.05, 4.69) is 0 Å². The first kappa shape index (κ1) is 10.4. The molecule has 2 fully saturated rings. The molecule has 0 aromatic carbocycles. The maximum Gasteiger partial charge on any atom is 0.0731 e. The number of ether oxygens (including phenoxy) is 2. The van der Waals surface area contributed by atoms with Gasteiger partial charge in [-0.3, -0.25) is 0 Å². The van der Waals surface area contributed by atoms with Gasteiger partial charge in [0.05, 0.1) is 17.8 Å². The van der Waals surface area contributed by atoms with Crippen LogP contribution in [0.25, 0.3) is 0 Å². The Morgan fingerprint density at radius 1 is 1.36 bits per heavy atom. The van der Waals surface area contributed by atoms with Crippen LogP contribution in [0.4, 0.5) is 0 Å². The van der Waals surface area contributed by atoms with Crippen LogP contribution in [-0.4, -0.2) is 36.6 Å². The van der Waals surface area contributed by atoms with E-state index in [1.165, 1.54) is 0 Å². The van der Waals surface area contributed by atoms with Gasteiger partial charge in [0.1, 0.15) is 0 Å². The van der Waals surface area contributed by atoms with Crippen molar-refractivity contribution in [2.75, 3.05) is 13.7 Å². The minimum Gasteiger partial charge on any atom is -0.393 e. The van der Waals surface area contributed by atoms with Crippen molar-refractivity contribution in [2.24, 2.45) is 0 Å². The fourth-order valence-corrected chi connectivity index (χ4v) is 2.79. The molecule has 3 nitrogen and oxygen atoms in total. The Kier molecular flexibility index (Phi) is 3.10. The van der Waals surface area contributed by atoms with Crippen LogP contribution in [0.15, 0.2) is 0 Å². The Bertz CT molecular complexity index is 191. The van der Waals surface area contributed by atoms with Crippen molar-refractivity contribution >= 4 is 0 Å². The number of rotatable bonds is 1. The van der Waals surface area contributed by atoms with Crippen molar-refractivity contribution in [3.63, 3.8) is 0 Å². The zero-order valence-electron chi connectivity index (χ0n) is 8.87. The van der Waals surface area contributed by atoms with Crippen molar-refractivity contribution in [3.05, 3.63) is 0 Å². The third-order valence-corrected chi connectivity index (χ3v) is 3.56. The van der Waals surface area contributed by atoms with Crippen LogP contribution in [0.1, 0.15) is 38.5 Å². The van der Waals surface area contributed by atoms with Gasteiger partial charge in [0.2, 0.25) is 0 Å². The molecule has 1 saturated heterocycles. The van der Waals surface area contributed by atoms with Gasteiger partial charge >= 0.3 is 0 Å². The smallest absolute Gasteiger partial charge is 0.0731 e. The second-order valence-corrected chi connectivity index (χ2v) is 4.63. The quantitative estimate of drug-likeness (QED) is 0.697. The third-order valence-electron chi connectivity index (χ3n) is 3.56. The summed E-state index contributed by atoms with van der Waals surface area (Å²) in [6, 6.07) is 0. The van der Waals surface area contributed by atoms with Gasteiger partial charge in [0, 0.05) is 26.6 Å². The molecule has 1 saturated carbocycles. The molecule has 3 atom stereocenters. The van der Waals surface area contributed by atoms with E-state index < -0.39 is 0 Å². The van der Waals surface area contributed by atoms with E-state index in [0.29, 0.717) is 12.7 Å². The highest BCUT2D eigenvalue weighted by molar-refractivity contribution is 4.92. The molecule has 3 unspecified atom stereocenters. The number of hydrogen-bond acceptors (Lipinski definition) is 3. The van der Waals surface area contributed by atoms with Crippen LogP contribution >= 0.6 is 0 Å². The van der Waals surface area contributed by atoms with Crippen molar-refractivity contribution in [2.45, 2.75) is 56.3 Å². The summed E-state index contributed by atoms with van der Waals surface area (Å²) < 4.78 is 11.3. The van der Waals surface area contributed by atoms with Crippen LogP contribution in [0, 0.1) is 0 Å².